The molecule has 2 rings (SSSR count). The van der Waals surface area contributed by atoms with Gasteiger partial charge in [0.05, 0.1) is 11.7 Å². The van der Waals surface area contributed by atoms with Gasteiger partial charge in [0.25, 0.3) is 0 Å². The molecule has 1 aromatic rings. The highest BCUT2D eigenvalue weighted by Crippen LogP contribution is 2.25. The van der Waals surface area contributed by atoms with Crippen LogP contribution in [-0.2, 0) is 6.54 Å². The van der Waals surface area contributed by atoms with Crippen molar-refractivity contribution in [1.82, 2.24) is 20.2 Å². The van der Waals surface area contributed by atoms with E-state index >= 15 is 0 Å². The molecule has 0 aliphatic carbocycles. The number of thioether (sulfide) groups is 1. The summed E-state index contributed by atoms with van der Waals surface area (Å²) in [6.45, 7) is 8.41. The van der Waals surface area contributed by atoms with Gasteiger partial charge in [-0.1, -0.05) is 0 Å². The highest BCUT2D eigenvalue weighted by molar-refractivity contribution is 7.99. The van der Waals surface area contributed by atoms with Crippen molar-refractivity contribution < 1.29 is 0 Å². The van der Waals surface area contributed by atoms with Crippen LogP contribution >= 0.6 is 11.8 Å². The lowest BCUT2D eigenvalue weighted by Crippen LogP contribution is -2.36. The van der Waals surface area contributed by atoms with Crippen LogP contribution in [0.1, 0.15) is 38.3 Å². The predicted octanol–water partition coefficient (Wildman–Crippen LogP) is 2.08. The summed E-state index contributed by atoms with van der Waals surface area (Å²) >= 11 is 1.99. The number of hydrogen-bond donors (Lipinski definition) is 1. The van der Waals surface area contributed by atoms with Gasteiger partial charge in [-0.05, 0) is 33.9 Å². The van der Waals surface area contributed by atoms with Crippen LogP contribution in [0.15, 0.2) is 12.3 Å². The van der Waals surface area contributed by atoms with Crippen LogP contribution in [0.4, 0.5) is 0 Å². The molecule has 0 saturated carbocycles. The van der Waals surface area contributed by atoms with E-state index in [9.17, 15) is 0 Å². The van der Waals surface area contributed by atoms with E-state index in [1.54, 1.807) is 0 Å². The maximum Gasteiger partial charge on any atom is 0.146 e. The lowest BCUT2D eigenvalue weighted by Gasteiger charge is -2.31. The van der Waals surface area contributed by atoms with Gasteiger partial charge in [-0.15, -0.1) is 0 Å². The van der Waals surface area contributed by atoms with Gasteiger partial charge in [-0.3, -0.25) is 4.90 Å². The van der Waals surface area contributed by atoms with Gasteiger partial charge in [0.1, 0.15) is 5.82 Å². The van der Waals surface area contributed by atoms with Gasteiger partial charge in [-0.25, -0.2) is 9.97 Å². The summed E-state index contributed by atoms with van der Waals surface area (Å²) in [5.41, 5.74) is 1.19. The molecule has 0 radical (unpaired) electrons. The number of nitrogens with one attached hydrogen (secondary N) is 1. The van der Waals surface area contributed by atoms with E-state index in [0.717, 1.165) is 30.4 Å². The topological polar surface area (TPSA) is 41.1 Å². The zero-order valence-electron chi connectivity index (χ0n) is 12.3. The second-order valence-electron chi connectivity index (χ2n) is 6.08. The Bertz CT molecular complexity index is 416. The predicted molar refractivity (Wildman–Crippen MR) is 81.3 cm³/mol. The Morgan fingerprint density at radius 3 is 2.95 bits per heavy atom. The molecule has 1 fully saturated rings. The average molecular weight is 280 g/mol. The third kappa shape index (κ3) is 4.44. The van der Waals surface area contributed by atoms with Crippen molar-refractivity contribution in [3.8, 4) is 0 Å². The first kappa shape index (κ1) is 14.8. The van der Waals surface area contributed by atoms with Gasteiger partial charge in [-0.2, -0.15) is 11.8 Å². The second kappa shape index (κ2) is 6.20. The maximum absolute atomic E-state index is 4.72. The minimum atomic E-state index is 0.114. The van der Waals surface area contributed by atoms with E-state index < -0.39 is 0 Å². The smallest absolute Gasteiger partial charge is 0.146 e. The monoisotopic (exact) mass is 280 g/mol. The first-order chi connectivity index (χ1) is 8.96. The van der Waals surface area contributed by atoms with Crippen LogP contribution in [0.3, 0.4) is 0 Å². The molecule has 19 heavy (non-hydrogen) atoms. The van der Waals surface area contributed by atoms with E-state index in [-0.39, 0.29) is 5.54 Å². The summed E-state index contributed by atoms with van der Waals surface area (Å²) in [5.74, 6) is 3.26. The molecule has 1 unspecified atom stereocenters. The SMILES string of the molecule is CN1CCSCC1c1nccc(CNC(C)(C)C)n1. The molecule has 0 aromatic carbocycles. The van der Waals surface area contributed by atoms with E-state index in [1.807, 2.05) is 24.0 Å². The van der Waals surface area contributed by atoms with Crippen molar-refractivity contribution in [1.29, 1.82) is 0 Å². The Kier molecular flexibility index (Phi) is 4.81. The van der Waals surface area contributed by atoms with E-state index in [1.165, 1.54) is 5.75 Å². The van der Waals surface area contributed by atoms with Crippen molar-refractivity contribution in [3.05, 3.63) is 23.8 Å². The van der Waals surface area contributed by atoms with E-state index in [2.05, 4.69) is 43.0 Å². The van der Waals surface area contributed by atoms with Crippen LogP contribution in [0.5, 0.6) is 0 Å². The van der Waals surface area contributed by atoms with Crippen molar-refractivity contribution in [3.63, 3.8) is 0 Å². The molecular weight excluding hydrogens is 256 g/mol. The highest BCUT2D eigenvalue weighted by Gasteiger charge is 2.23. The second-order valence-corrected chi connectivity index (χ2v) is 7.23. The first-order valence-electron chi connectivity index (χ1n) is 6.80. The fraction of sp³-hybridized carbons (Fsp3) is 0.714. The van der Waals surface area contributed by atoms with E-state index in [0.29, 0.717) is 6.04 Å². The van der Waals surface area contributed by atoms with Crippen molar-refractivity contribution in [2.75, 3.05) is 25.1 Å². The molecule has 1 atom stereocenters. The fourth-order valence-electron chi connectivity index (χ4n) is 1.99. The molecule has 5 heteroatoms. The third-order valence-electron chi connectivity index (χ3n) is 3.23. The number of aromatic nitrogens is 2. The van der Waals surface area contributed by atoms with Crippen molar-refractivity contribution >= 4 is 11.8 Å². The van der Waals surface area contributed by atoms with E-state index in [4.69, 9.17) is 4.98 Å². The number of hydrogen-bond acceptors (Lipinski definition) is 5. The lowest BCUT2D eigenvalue weighted by molar-refractivity contribution is 0.264. The number of rotatable bonds is 3. The van der Waals surface area contributed by atoms with Gasteiger partial charge >= 0.3 is 0 Å². The van der Waals surface area contributed by atoms with Gasteiger partial charge < -0.3 is 5.32 Å². The normalized spacial score (nSPS) is 21.6. The molecule has 1 aliphatic rings. The largest absolute Gasteiger partial charge is 0.306 e. The molecule has 4 nitrogen and oxygen atoms in total. The molecule has 0 spiro atoms. The van der Waals surface area contributed by atoms with Crippen LogP contribution in [0, 0.1) is 0 Å². The Morgan fingerprint density at radius 1 is 1.47 bits per heavy atom. The molecule has 0 amide bonds. The zero-order chi connectivity index (χ0) is 13.9. The summed E-state index contributed by atoms with van der Waals surface area (Å²) in [7, 11) is 2.16. The fourth-order valence-corrected chi connectivity index (χ4v) is 3.20. The summed E-state index contributed by atoms with van der Waals surface area (Å²) in [5, 5.41) is 3.47. The quantitative estimate of drug-likeness (QED) is 0.918. The van der Waals surface area contributed by atoms with Crippen LogP contribution in [-0.4, -0.2) is 45.5 Å². The molecule has 1 aliphatic heterocycles. The maximum atomic E-state index is 4.72. The summed E-state index contributed by atoms with van der Waals surface area (Å²) in [4.78, 5) is 11.5. The van der Waals surface area contributed by atoms with Crippen LogP contribution < -0.4 is 5.32 Å². The highest BCUT2D eigenvalue weighted by atomic mass is 32.2. The Hall–Kier alpha value is -0.650. The first-order valence-corrected chi connectivity index (χ1v) is 7.96. The molecule has 1 saturated heterocycles. The Morgan fingerprint density at radius 2 is 2.26 bits per heavy atom. The summed E-state index contributed by atoms with van der Waals surface area (Å²) in [6, 6.07) is 2.35. The van der Waals surface area contributed by atoms with Crippen LogP contribution in [0.2, 0.25) is 0 Å². The lowest BCUT2D eigenvalue weighted by atomic mass is 10.1. The van der Waals surface area contributed by atoms with Crippen LogP contribution in [0.25, 0.3) is 0 Å². The summed E-state index contributed by atoms with van der Waals surface area (Å²) in [6.07, 6.45) is 1.88. The minimum Gasteiger partial charge on any atom is -0.306 e. The molecule has 1 aromatic heterocycles. The third-order valence-corrected chi connectivity index (χ3v) is 4.25. The molecule has 0 bridgehead atoms. The minimum absolute atomic E-state index is 0.114. The van der Waals surface area contributed by atoms with Gasteiger partial charge in [0.15, 0.2) is 0 Å². The summed E-state index contributed by atoms with van der Waals surface area (Å²) < 4.78 is 0. The van der Waals surface area contributed by atoms with Crippen molar-refractivity contribution in [2.45, 2.75) is 38.9 Å². The standard InChI is InChI=1S/C14H24N4S/c1-14(2,3)16-9-11-5-6-15-13(17-11)12-10-19-8-7-18(12)4/h5-6,12,16H,7-10H2,1-4H3. The Labute approximate surface area is 120 Å². The molecule has 1 N–H and O–H groups in total. The van der Waals surface area contributed by atoms with Gasteiger partial charge in [0.2, 0.25) is 0 Å². The zero-order valence-corrected chi connectivity index (χ0v) is 13.1. The molecule has 2 heterocycles. The molecule has 106 valence electrons. The average Bonchev–Trinajstić information content (AvgIpc) is 2.36. The number of nitrogens with zero attached hydrogens (tertiary/aromatic N) is 3. The Balaban J connectivity index is 2.06. The molecular formula is C14H24N4S. The van der Waals surface area contributed by atoms with Crippen molar-refractivity contribution in [2.24, 2.45) is 0 Å². The van der Waals surface area contributed by atoms with Gasteiger partial charge in [0, 0.05) is 36.3 Å².